The highest BCUT2D eigenvalue weighted by molar-refractivity contribution is 5.37. The van der Waals surface area contributed by atoms with Gasteiger partial charge >= 0.3 is 0 Å². The molecular formula is C24H37N3. The van der Waals surface area contributed by atoms with Crippen molar-refractivity contribution in [2.45, 2.75) is 40.5 Å². The van der Waals surface area contributed by atoms with Crippen LogP contribution in [-0.4, -0.2) is 0 Å². The second kappa shape index (κ2) is 21.1. The molecule has 0 aliphatic carbocycles. The second-order valence-electron chi connectivity index (χ2n) is 5.65. The first-order valence-corrected chi connectivity index (χ1v) is 9.43. The van der Waals surface area contributed by atoms with Gasteiger partial charge in [-0.15, -0.1) is 0 Å². The average Bonchev–Trinajstić information content (AvgIpc) is 2.66. The zero-order chi connectivity index (χ0) is 20.8. The number of benzene rings is 3. The Morgan fingerprint density at radius 3 is 0.630 bits per heavy atom. The number of nitrogen functional groups attached to an aromatic ring is 3. The van der Waals surface area contributed by atoms with Crippen LogP contribution in [0.3, 0.4) is 0 Å². The summed E-state index contributed by atoms with van der Waals surface area (Å²) in [6.07, 6.45) is 2.50. The van der Waals surface area contributed by atoms with Gasteiger partial charge in [0.1, 0.15) is 0 Å². The van der Waals surface area contributed by atoms with E-state index in [1.165, 1.54) is 12.8 Å². The van der Waals surface area contributed by atoms with Crippen LogP contribution >= 0.6 is 0 Å². The molecule has 0 aromatic heterocycles. The van der Waals surface area contributed by atoms with Gasteiger partial charge in [-0.3, -0.25) is 0 Å². The molecule has 0 saturated heterocycles. The minimum absolute atomic E-state index is 0.822. The van der Waals surface area contributed by atoms with Gasteiger partial charge in [0.25, 0.3) is 0 Å². The van der Waals surface area contributed by atoms with Crippen molar-refractivity contribution in [1.82, 2.24) is 0 Å². The maximum Gasteiger partial charge on any atom is 0.0313 e. The van der Waals surface area contributed by atoms with Gasteiger partial charge < -0.3 is 17.2 Å². The van der Waals surface area contributed by atoms with Crippen LogP contribution in [0, 0.1) is 0 Å². The Kier molecular flexibility index (Phi) is 20.5. The number of hydrogen-bond acceptors (Lipinski definition) is 3. The lowest BCUT2D eigenvalue weighted by Crippen LogP contribution is -1.79. The fourth-order valence-electron chi connectivity index (χ4n) is 1.36. The van der Waals surface area contributed by atoms with Crippen molar-refractivity contribution in [3.8, 4) is 0 Å². The molecule has 0 radical (unpaired) electrons. The number of rotatable bonds is 0. The van der Waals surface area contributed by atoms with Crippen molar-refractivity contribution < 1.29 is 0 Å². The SMILES string of the molecule is CCC.CCC.Nc1ccccc1.Nc1ccccc1.Nc1ccccc1. The molecule has 0 aliphatic heterocycles. The molecule has 3 rings (SSSR count). The predicted molar refractivity (Wildman–Crippen MR) is 124 cm³/mol. The first kappa shape index (κ1) is 26.3. The molecule has 6 N–H and O–H groups in total. The lowest BCUT2D eigenvalue weighted by atomic mass is 10.3. The molecule has 3 nitrogen and oxygen atoms in total. The van der Waals surface area contributed by atoms with E-state index in [1.54, 1.807) is 0 Å². The second-order valence-corrected chi connectivity index (χ2v) is 5.65. The summed E-state index contributed by atoms with van der Waals surface area (Å²) in [5.41, 5.74) is 18.5. The third kappa shape index (κ3) is 23.1. The normalized spacial score (nSPS) is 8.00. The molecule has 3 heteroatoms. The highest BCUT2D eigenvalue weighted by Crippen LogP contribution is 1.97. The van der Waals surface area contributed by atoms with E-state index in [-0.39, 0.29) is 0 Å². The Morgan fingerprint density at radius 1 is 0.407 bits per heavy atom. The molecule has 0 amide bonds. The topological polar surface area (TPSA) is 78.1 Å². The lowest BCUT2D eigenvalue weighted by Gasteiger charge is -1.83. The van der Waals surface area contributed by atoms with Gasteiger partial charge in [-0.1, -0.05) is 95.1 Å². The fourth-order valence-corrected chi connectivity index (χ4v) is 1.36. The van der Waals surface area contributed by atoms with Crippen LogP contribution in [0.1, 0.15) is 40.5 Å². The Bertz CT molecular complexity index is 520. The van der Waals surface area contributed by atoms with Crippen LogP contribution in [0.2, 0.25) is 0 Å². The van der Waals surface area contributed by atoms with Crippen LogP contribution in [0.5, 0.6) is 0 Å². The van der Waals surface area contributed by atoms with Crippen LogP contribution in [0.15, 0.2) is 91.0 Å². The lowest BCUT2D eigenvalue weighted by molar-refractivity contribution is 1.09. The highest BCUT2D eigenvalue weighted by Gasteiger charge is 1.73. The summed E-state index contributed by atoms with van der Waals surface area (Å²) in [5.74, 6) is 0. The smallest absolute Gasteiger partial charge is 0.0313 e. The molecule has 3 aromatic rings. The molecule has 0 heterocycles. The van der Waals surface area contributed by atoms with Gasteiger partial charge in [0.15, 0.2) is 0 Å². The van der Waals surface area contributed by atoms with E-state index in [0.717, 1.165) is 17.1 Å². The summed E-state index contributed by atoms with van der Waals surface area (Å²) in [6.45, 7) is 8.50. The van der Waals surface area contributed by atoms with Crippen LogP contribution < -0.4 is 17.2 Å². The van der Waals surface area contributed by atoms with E-state index in [0.29, 0.717) is 0 Å². The van der Waals surface area contributed by atoms with E-state index in [1.807, 2.05) is 91.0 Å². The number of hydrogen-bond donors (Lipinski definition) is 3. The van der Waals surface area contributed by atoms with Crippen molar-refractivity contribution in [3.05, 3.63) is 91.0 Å². The summed E-state index contributed by atoms with van der Waals surface area (Å²) < 4.78 is 0. The minimum Gasteiger partial charge on any atom is -0.399 e. The van der Waals surface area contributed by atoms with Crippen molar-refractivity contribution in [2.24, 2.45) is 0 Å². The van der Waals surface area contributed by atoms with Gasteiger partial charge in [0.05, 0.1) is 0 Å². The molecular weight excluding hydrogens is 330 g/mol. The van der Waals surface area contributed by atoms with Crippen molar-refractivity contribution in [2.75, 3.05) is 17.2 Å². The van der Waals surface area contributed by atoms with Crippen molar-refractivity contribution in [1.29, 1.82) is 0 Å². The Hall–Kier alpha value is -2.94. The molecule has 0 aliphatic rings. The van der Waals surface area contributed by atoms with Crippen molar-refractivity contribution >= 4 is 17.1 Å². The first-order valence-electron chi connectivity index (χ1n) is 9.43. The Labute approximate surface area is 166 Å². The molecule has 148 valence electrons. The molecule has 27 heavy (non-hydrogen) atoms. The van der Waals surface area contributed by atoms with E-state index in [2.05, 4.69) is 27.7 Å². The van der Waals surface area contributed by atoms with E-state index in [4.69, 9.17) is 17.2 Å². The predicted octanol–water partition coefficient (Wildman–Crippen LogP) is 6.64. The van der Waals surface area contributed by atoms with E-state index in [9.17, 15) is 0 Å². The maximum absolute atomic E-state index is 5.36. The van der Waals surface area contributed by atoms with Crippen LogP contribution in [0.4, 0.5) is 17.1 Å². The van der Waals surface area contributed by atoms with E-state index >= 15 is 0 Å². The molecule has 0 fully saturated rings. The standard InChI is InChI=1S/3C6H7N.2C3H8/c3*7-6-4-2-1-3-5-6;2*1-3-2/h3*1-5H,7H2;2*3H2,1-2H3. The zero-order valence-electron chi connectivity index (χ0n) is 17.3. The summed E-state index contributed by atoms with van der Waals surface area (Å²) in [7, 11) is 0. The molecule has 3 aromatic carbocycles. The van der Waals surface area contributed by atoms with Crippen LogP contribution in [0.25, 0.3) is 0 Å². The summed E-state index contributed by atoms with van der Waals surface area (Å²) in [5, 5.41) is 0. The third-order valence-corrected chi connectivity index (χ3v) is 2.40. The zero-order valence-corrected chi connectivity index (χ0v) is 17.3. The van der Waals surface area contributed by atoms with Gasteiger partial charge in [0.2, 0.25) is 0 Å². The molecule has 0 spiro atoms. The van der Waals surface area contributed by atoms with Gasteiger partial charge in [-0.05, 0) is 36.4 Å². The van der Waals surface area contributed by atoms with Gasteiger partial charge in [-0.2, -0.15) is 0 Å². The Morgan fingerprint density at radius 2 is 0.556 bits per heavy atom. The summed E-state index contributed by atoms with van der Waals surface area (Å²) >= 11 is 0. The molecule has 0 saturated carbocycles. The quantitative estimate of drug-likeness (QED) is 0.390. The molecule has 0 atom stereocenters. The number of anilines is 3. The third-order valence-electron chi connectivity index (χ3n) is 2.40. The molecule has 0 bridgehead atoms. The first-order chi connectivity index (χ1) is 13.0. The monoisotopic (exact) mass is 367 g/mol. The van der Waals surface area contributed by atoms with E-state index < -0.39 is 0 Å². The van der Waals surface area contributed by atoms with Gasteiger partial charge in [-0.25, -0.2) is 0 Å². The van der Waals surface area contributed by atoms with Gasteiger partial charge in [0, 0.05) is 17.1 Å². The minimum atomic E-state index is 0.822. The highest BCUT2D eigenvalue weighted by atomic mass is 14.5. The Balaban J connectivity index is 0. The maximum atomic E-state index is 5.36. The van der Waals surface area contributed by atoms with Crippen molar-refractivity contribution in [3.63, 3.8) is 0 Å². The number of para-hydroxylation sites is 3. The molecule has 0 unspecified atom stereocenters. The summed E-state index contributed by atoms with van der Waals surface area (Å²) in [6, 6.07) is 28.5. The summed E-state index contributed by atoms with van der Waals surface area (Å²) in [4.78, 5) is 0. The largest absolute Gasteiger partial charge is 0.399 e. The number of nitrogens with two attached hydrogens (primary N) is 3. The average molecular weight is 368 g/mol. The van der Waals surface area contributed by atoms with Crippen LogP contribution in [-0.2, 0) is 0 Å². The fraction of sp³-hybridized carbons (Fsp3) is 0.250.